The third kappa shape index (κ3) is 6.20. The Morgan fingerprint density at radius 3 is 2.58 bits per heavy atom. The van der Waals surface area contributed by atoms with Gasteiger partial charge in [0.1, 0.15) is 12.4 Å². The van der Waals surface area contributed by atoms with Gasteiger partial charge in [0.25, 0.3) is 0 Å². The van der Waals surface area contributed by atoms with Crippen molar-refractivity contribution in [1.29, 1.82) is 0 Å². The molecule has 5 aromatic rings. The van der Waals surface area contributed by atoms with Crippen LogP contribution in [0.15, 0.2) is 67.3 Å². The van der Waals surface area contributed by atoms with Gasteiger partial charge in [0.05, 0.1) is 24.3 Å². The van der Waals surface area contributed by atoms with Gasteiger partial charge in [-0.1, -0.05) is 31.9 Å². The van der Waals surface area contributed by atoms with Crippen molar-refractivity contribution in [3.63, 3.8) is 0 Å². The van der Waals surface area contributed by atoms with Crippen LogP contribution in [0.2, 0.25) is 5.02 Å². The normalized spacial score (nSPS) is 13.7. The zero-order chi connectivity index (χ0) is 27.9. The van der Waals surface area contributed by atoms with E-state index >= 15 is 0 Å². The first kappa shape index (κ1) is 27.8. The summed E-state index contributed by atoms with van der Waals surface area (Å²) >= 11 is 6.18. The Bertz CT molecular complexity index is 1610. The number of benzene rings is 1. The maximum atomic E-state index is 14.8. The fraction of sp³-hybridized carbons (Fsp3) is 0.290. The molecule has 0 spiro atoms. The van der Waals surface area contributed by atoms with E-state index in [-0.39, 0.29) is 0 Å². The Morgan fingerprint density at radius 2 is 1.75 bits per heavy atom. The number of hydrogen-bond acceptors (Lipinski definition) is 7. The number of rotatable bonds is 6. The van der Waals surface area contributed by atoms with Crippen molar-refractivity contribution in [2.24, 2.45) is 0 Å². The molecule has 0 unspecified atom stereocenters. The summed E-state index contributed by atoms with van der Waals surface area (Å²) in [6.07, 6.45) is 8.20. The van der Waals surface area contributed by atoms with Crippen molar-refractivity contribution in [3.8, 4) is 28.3 Å². The molecule has 9 heteroatoms. The molecule has 0 aliphatic carbocycles. The molecule has 0 saturated carbocycles. The quantitative estimate of drug-likeness (QED) is 0.226. The molecule has 0 radical (unpaired) electrons. The third-order valence-electron chi connectivity index (χ3n) is 6.48. The second-order valence-corrected chi connectivity index (χ2v) is 9.90. The van der Waals surface area contributed by atoms with Gasteiger partial charge < -0.3 is 9.47 Å². The van der Waals surface area contributed by atoms with Gasteiger partial charge in [-0.3, -0.25) is 9.88 Å². The van der Waals surface area contributed by atoms with Crippen molar-refractivity contribution >= 4 is 33.4 Å². The SMILES string of the molecule is CCC.Fc1ccc(Cl)cc1-c1cc(-c2cnc(OCCN3CCOCC3)c3cnccc23)c2cccnc2n1. The van der Waals surface area contributed by atoms with E-state index in [1.54, 1.807) is 30.9 Å². The molecule has 40 heavy (non-hydrogen) atoms. The summed E-state index contributed by atoms with van der Waals surface area (Å²) < 4.78 is 26.3. The highest BCUT2D eigenvalue weighted by atomic mass is 35.5. The molecular weight excluding hydrogens is 529 g/mol. The summed E-state index contributed by atoms with van der Waals surface area (Å²) in [5, 5.41) is 2.97. The second kappa shape index (κ2) is 13.1. The molecule has 1 aliphatic heterocycles. The van der Waals surface area contributed by atoms with Crippen LogP contribution in [0.1, 0.15) is 20.3 Å². The number of pyridine rings is 4. The summed E-state index contributed by atoms with van der Waals surface area (Å²) in [7, 11) is 0. The summed E-state index contributed by atoms with van der Waals surface area (Å²) in [6, 6.07) is 12.0. The smallest absolute Gasteiger partial charge is 0.222 e. The van der Waals surface area contributed by atoms with Gasteiger partial charge in [0, 0.05) is 66.0 Å². The number of ether oxygens (including phenoxy) is 2. The molecule has 7 nitrogen and oxygen atoms in total. The number of nitrogens with zero attached hydrogens (tertiary/aromatic N) is 5. The van der Waals surface area contributed by atoms with Gasteiger partial charge in [0.15, 0.2) is 5.65 Å². The third-order valence-corrected chi connectivity index (χ3v) is 6.72. The summed E-state index contributed by atoms with van der Waals surface area (Å²) in [5.74, 6) is 0.118. The largest absolute Gasteiger partial charge is 0.476 e. The van der Waals surface area contributed by atoms with Crippen molar-refractivity contribution in [2.75, 3.05) is 39.5 Å². The summed E-state index contributed by atoms with van der Waals surface area (Å²) in [4.78, 5) is 20.4. The molecule has 1 aromatic carbocycles. The highest BCUT2D eigenvalue weighted by molar-refractivity contribution is 6.30. The zero-order valence-corrected chi connectivity index (χ0v) is 23.4. The van der Waals surface area contributed by atoms with Crippen molar-refractivity contribution in [3.05, 3.63) is 78.1 Å². The highest BCUT2D eigenvalue weighted by Gasteiger charge is 2.18. The van der Waals surface area contributed by atoms with Crippen LogP contribution in [0.3, 0.4) is 0 Å². The van der Waals surface area contributed by atoms with E-state index in [0.29, 0.717) is 34.4 Å². The second-order valence-electron chi connectivity index (χ2n) is 9.46. The first-order chi connectivity index (χ1) is 19.6. The monoisotopic (exact) mass is 559 g/mol. The van der Waals surface area contributed by atoms with Crippen molar-refractivity contribution < 1.29 is 13.9 Å². The van der Waals surface area contributed by atoms with E-state index in [0.717, 1.165) is 60.1 Å². The van der Waals surface area contributed by atoms with Crippen LogP contribution in [0.4, 0.5) is 4.39 Å². The molecule has 5 heterocycles. The number of halogens is 2. The number of morpholine rings is 1. The highest BCUT2D eigenvalue weighted by Crippen LogP contribution is 2.38. The van der Waals surface area contributed by atoms with Crippen LogP contribution in [0.25, 0.3) is 44.2 Å². The average molecular weight is 560 g/mol. The topological polar surface area (TPSA) is 73.3 Å². The van der Waals surface area contributed by atoms with Crippen LogP contribution in [-0.2, 0) is 4.74 Å². The lowest BCUT2D eigenvalue weighted by Crippen LogP contribution is -2.38. The molecule has 6 rings (SSSR count). The molecule has 1 saturated heterocycles. The van der Waals surface area contributed by atoms with E-state index in [1.807, 2.05) is 24.3 Å². The molecule has 206 valence electrons. The molecule has 0 amide bonds. The van der Waals surface area contributed by atoms with Gasteiger partial charge >= 0.3 is 0 Å². The Balaban J connectivity index is 0.00000103. The zero-order valence-electron chi connectivity index (χ0n) is 22.6. The van der Waals surface area contributed by atoms with Crippen LogP contribution in [-0.4, -0.2) is 64.3 Å². The molecule has 0 N–H and O–H groups in total. The number of aromatic nitrogens is 4. The average Bonchev–Trinajstić information content (AvgIpc) is 2.99. The fourth-order valence-electron chi connectivity index (χ4n) is 4.60. The Kier molecular flexibility index (Phi) is 9.11. The first-order valence-electron chi connectivity index (χ1n) is 13.5. The van der Waals surface area contributed by atoms with E-state index < -0.39 is 5.82 Å². The summed E-state index contributed by atoms with van der Waals surface area (Å²) in [6.45, 7) is 8.85. The molecule has 0 bridgehead atoms. The van der Waals surface area contributed by atoms with E-state index in [2.05, 4.69) is 38.7 Å². The van der Waals surface area contributed by atoms with E-state index in [1.165, 1.54) is 18.6 Å². The standard InChI is InChI=1S/C28H23ClFN5O2.C3H8/c29-18-3-4-25(30)22(14-18)26-15-21(20-2-1-6-32-27(20)34-26)23-17-33-28(24-16-31-7-5-19(23)24)37-13-10-35-8-11-36-12-9-35;1-3-2/h1-7,14-17H,8-13H2;3H2,1-2H3. The minimum Gasteiger partial charge on any atom is -0.476 e. The Morgan fingerprint density at radius 1 is 0.925 bits per heavy atom. The molecule has 0 atom stereocenters. The van der Waals surface area contributed by atoms with E-state index in [4.69, 9.17) is 21.1 Å². The Hall–Kier alpha value is -3.72. The number of fused-ring (bicyclic) bond motifs is 2. The molecule has 1 fully saturated rings. The molecule has 4 aromatic heterocycles. The maximum Gasteiger partial charge on any atom is 0.222 e. The predicted molar refractivity (Wildman–Crippen MR) is 157 cm³/mol. The van der Waals surface area contributed by atoms with Crippen LogP contribution in [0, 0.1) is 5.82 Å². The lowest BCUT2D eigenvalue weighted by Gasteiger charge is -2.26. The van der Waals surface area contributed by atoms with Gasteiger partial charge in [-0.2, -0.15) is 0 Å². The fourth-order valence-corrected chi connectivity index (χ4v) is 4.77. The van der Waals surface area contributed by atoms with Crippen molar-refractivity contribution in [2.45, 2.75) is 20.3 Å². The molecule has 1 aliphatic rings. The first-order valence-corrected chi connectivity index (χ1v) is 13.8. The van der Waals surface area contributed by atoms with Gasteiger partial charge in [-0.25, -0.2) is 19.3 Å². The van der Waals surface area contributed by atoms with Crippen LogP contribution in [0.5, 0.6) is 5.88 Å². The maximum absolute atomic E-state index is 14.8. The lowest BCUT2D eigenvalue weighted by atomic mass is 9.97. The van der Waals surface area contributed by atoms with Crippen molar-refractivity contribution in [1.82, 2.24) is 24.8 Å². The summed E-state index contributed by atoms with van der Waals surface area (Å²) in [5.41, 5.74) is 2.93. The van der Waals surface area contributed by atoms with Crippen LogP contribution >= 0.6 is 11.6 Å². The van der Waals surface area contributed by atoms with E-state index in [9.17, 15) is 4.39 Å². The van der Waals surface area contributed by atoms with Gasteiger partial charge in [0.2, 0.25) is 5.88 Å². The lowest BCUT2D eigenvalue weighted by molar-refractivity contribution is 0.0321. The Labute approximate surface area is 238 Å². The van der Waals surface area contributed by atoms with Gasteiger partial charge in [-0.05, 0) is 53.4 Å². The minimum absolute atomic E-state index is 0.309. The minimum atomic E-state index is -0.408. The molecular formula is C31H31ClFN5O2. The predicted octanol–water partition coefficient (Wildman–Crippen LogP) is 6.83. The number of hydrogen-bond donors (Lipinski definition) is 0. The van der Waals surface area contributed by atoms with Gasteiger partial charge in [-0.15, -0.1) is 0 Å². The van der Waals surface area contributed by atoms with Crippen LogP contribution < -0.4 is 4.74 Å².